The summed E-state index contributed by atoms with van der Waals surface area (Å²) < 4.78 is 29.6. The molecule has 0 saturated heterocycles. The molecule has 0 aliphatic heterocycles. The van der Waals surface area contributed by atoms with Crippen LogP contribution in [0, 0.1) is 0 Å². The average molecular weight is 345 g/mol. The molecule has 0 bridgehead atoms. The van der Waals surface area contributed by atoms with Crippen LogP contribution in [-0.2, 0) is 10.1 Å². The molecule has 0 atom stereocenters. The quantitative estimate of drug-likeness (QED) is 0.266. The molecule has 0 aliphatic carbocycles. The number of hydrogen-bond acceptors (Lipinski definition) is 2. The van der Waals surface area contributed by atoms with Crippen molar-refractivity contribution in [2.45, 2.75) is 103 Å². The van der Waals surface area contributed by atoms with Gasteiger partial charge in [0.1, 0.15) is 0 Å². The van der Waals surface area contributed by atoms with Crippen molar-refractivity contribution in [3.05, 3.63) is 0 Å². The van der Waals surface area contributed by atoms with Gasteiger partial charge in [0.05, 0.1) is 5.75 Å². The van der Waals surface area contributed by atoms with Gasteiger partial charge in [-0.05, 0) is 6.42 Å². The van der Waals surface area contributed by atoms with Crippen LogP contribution in [0.3, 0.4) is 0 Å². The molecule has 0 amide bonds. The molecule has 130 valence electrons. The van der Waals surface area contributed by atoms with Crippen LogP contribution in [-0.4, -0.2) is 18.7 Å². The van der Waals surface area contributed by atoms with E-state index in [1.807, 2.05) is 0 Å². The second-order valence-corrected chi connectivity index (χ2v) is 7.81. The molecule has 0 heterocycles. The summed E-state index contributed by atoms with van der Waals surface area (Å²) in [6.07, 6.45) is 18.8. The second-order valence-electron chi connectivity index (χ2n) is 6.24. The van der Waals surface area contributed by atoms with Crippen LogP contribution in [0.2, 0.25) is 0 Å². The Balaban J connectivity index is -0.00000200. The maximum atomic E-state index is 10.5. The van der Waals surface area contributed by atoms with Crippen LogP contribution in [0.4, 0.5) is 0 Å². The molecule has 0 aliphatic rings. The molecule has 0 aromatic carbocycles. The van der Waals surface area contributed by atoms with Crippen molar-refractivity contribution in [2.75, 3.05) is 5.75 Å². The van der Waals surface area contributed by atoms with Gasteiger partial charge < -0.3 is 1.43 Å². The Morgan fingerprint density at radius 1 is 0.636 bits per heavy atom. The number of hydrogen-bond donors (Lipinski definition) is 1. The predicted molar refractivity (Wildman–Crippen MR) is 92.5 cm³/mol. The summed E-state index contributed by atoms with van der Waals surface area (Å²) in [6.45, 7) is 2.26. The summed E-state index contributed by atoms with van der Waals surface area (Å²) in [5.74, 6) is -0.0781. The van der Waals surface area contributed by atoms with E-state index in [-0.39, 0.29) is 36.7 Å². The van der Waals surface area contributed by atoms with Crippen molar-refractivity contribution < 1.29 is 44.0 Å². The minimum Gasteiger partial charge on any atom is -1.00 e. The molecule has 0 unspecified atom stereocenters. The average Bonchev–Trinajstić information content (AvgIpc) is 2.42. The Kier molecular flexibility index (Phi) is 20.9. The van der Waals surface area contributed by atoms with Gasteiger partial charge in [-0.25, -0.2) is 0 Å². The fraction of sp³-hybridized carbons (Fsp3) is 1.00. The van der Waals surface area contributed by atoms with Crippen molar-refractivity contribution in [1.29, 1.82) is 0 Å². The first-order chi connectivity index (χ1) is 10.1. The normalized spacial score (nSPS) is 11.4. The van der Waals surface area contributed by atoms with Gasteiger partial charge in [0.2, 0.25) is 0 Å². The third-order valence-corrected chi connectivity index (χ3v) is 4.81. The third-order valence-electron chi connectivity index (χ3n) is 4.01. The molecule has 0 fully saturated rings. The van der Waals surface area contributed by atoms with Crippen LogP contribution in [0.5, 0.6) is 0 Å². The molecule has 0 aromatic heterocycles. The van der Waals surface area contributed by atoms with Gasteiger partial charge in [-0.15, -0.1) is 0 Å². The monoisotopic (exact) mass is 344 g/mol. The minimum absolute atomic E-state index is 0. The van der Waals surface area contributed by atoms with Crippen LogP contribution >= 0.6 is 0 Å². The minimum atomic E-state index is -3.74. The summed E-state index contributed by atoms with van der Waals surface area (Å²) in [6, 6.07) is 0. The van der Waals surface area contributed by atoms with Gasteiger partial charge in [0.25, 0.3) is 10.1 Å². The van der Waals surface area contributed by atoms with Gasteiger partial charge in [-0.3, -0.25) is 4.55 Å². The Morgan fingerprint density at radius 3 is 1.18 bits per heavy atom. The largest absolute Gasteiger partial charge is 1.00 e. The van der Waals surface area contributed by atoms with E-state index in [2.05, 4.69) is 6.92 Å². The van der Waals surface area contributed by atoms with E-state index in [0.717, 1.165) is 12.8 Å². The first-order valence-electron chi connectivity index (χ1n) is 9.01. The van der Waals surface area contributed by atoms with Crippen molar-refractivity contribution >= 4 is 10.1 Å². The molecular formula is C17H37NaO3S. The van der Waals surface area contributed by atoms with Gasteiger partial charge in [0.15, 0.2) is 0 Å². The zero-order chi connectivity index (χ0) is 15.8. The molecule has 0 spiro atoms. The van der Waals surface area contributed by atoms with Crippen LogP contribution in [0.15, 0.2) is 0 Å². The first-order valence-corrected chi connectivity index (χ1v) is 10.6. The Morgan fingerprint density at radius 2 is 0.909 bits per heavy atom. The van der Waals surface area contributed by atoms with Gasteiger partial charge in [0, 0.05) is 0 Å². The van der Waals surface area contributed by atoms with E-state index >= 15 is 0 Å². The maximum absolute atomic E-state index is 10.5. The van der Waals surface area contributed by atoms with E-state index in [1.165, 1.54) is 77.0 Å². The molecule has 1 N–H and O–H groups in total. The molecule has 0 radical (unpaired) electrons. The summed E-state index contributed by atoms with van der Waals surface area (Å²) in [7, 11) is -3.74. The predicted octanol–water partition coefficient (Wildman–Crippen LogP) is 2.86. The zero-order valence-corrected chi connectivity index (χ0v) is 17.8. The van der Waals surface area contributed by atoms with Crippen LogP contribution in [0.25, 0.3) is 0 Å². The Hall–Kier alpha value is 0.910. The summed E-state index contributed by atoms with van der Waals surface area (Å²) in [5, 5.41) is 0. The SMILES string of the molecule is CCCCCCCCCCCCCCCCCS(=O)(=O)O.[H-].[Na+]. The van der Waals surface area contributed by atoms with Gasteiger partial charge in [-0.1, -0.05) is 96.8 Å². The van der Waals surface area contributed by atoms with Crippen molar-refractivity contribution in [1.82, 2.24) is 0 Å². The van der Waals surface area contributed by atoms with E-state index in [0.29, 0.717) is 6.42 Å². The fourth-order valence-corrected chi connectivity index (χ4v) is 3.22. The molecular weight excluding hydrogens is 307 g/mol. The Labute approximate surface area is 162 Å². The summed E-state index contributed by atoms with van der Waals surface area (Å²) >= 11 is 0. The van der Waals surface area contributed by atoms with E-state index in [1.54, 1.807) is 0 Å². The number of rotatable bonds is 16. The fourth-order valence-electron chi connectivity index (χ4n) is 2.66. The van der Waals surface area contributed by atoms with Crippen molar-refractivity contribution in [3.63, 3.8) is 0 Å². The van der Waals surface area contributed by atoms with E-state index < -0.39 is 10.1 Å². The molecule has 3 nitrogen and oxygen atoms in total. The molecule has 0 aromatic rings. The summed E-state index contributed by atoms with van der Waals surface area (Å²) in [4.78, 5) is 0. The first kappa shape index (κ1) is 25.2. The number of unbranched alkanes of at least 4 members (excludes halogenated alkanes) is 14. The Bertz CT molecular complexity index is 311. The smallest absolute Gasteiger partial charge is 1.00 e. The molecule has 0 rings (SSSR count). The van der Waals surface area contributed by atoms with Crippen LogP contribution in [0.1, 0.15) is 105 Å². The molecule has 5 heteroatoms. The maximum Gasteiger partial charge on any atom is 1.00 e. The zero-order valence-electron chi connectivity index (χ0n) is 16.0. The molecule has 0 saturated carbocycles. The molecule has 22 heavy (non-hydrogen) atoms. The van der Waals surface area contributed by atoms with Crippen molar-refractivity contribution in [2.24, 2.45) is 0 Å². The topological polar surface area (TPSA) is 54.4 Å². The third kappa shape index (κ3) is 23.2. The summed E-state index contributed by atoms with van der Waals surface area (Å²) in [5.41, 5.74) is 0. The van der Waals surface area contributed by atoms with Gasteiger partial charge in [-0.2, -0.15) is 8.42 Å². The van der Waals surface area contributed by atoms with E-state index in [9.17, 15) is 8.42 Å². The van der Waals surface area contributed by atoms with E-state index in [4.69, 9.17) is 4.55 Å². The van der Waals surface area contributed by atoms with Gasteiger partial charge >= 0.3 is 29.6 Å². The van der Waals surface area contributed by atoms with Crippen molar-refractivity contribution in [3.8, 4) is 0 Å². The standard InChI is InChI=1S/C17H36O3S.Na.H/c1-2-3-4-5-6-7-8-9-10-11-12-13-14-15-16-17-21(18,19)20;;/h2-17H2,1H3,(H,18,19,20);;/q;+1;-1. The van der Waals surface area contributed by atoms with Crippen LogP contribution < -0.4 is 29.6 Å². The second kappa shape index (κ2) is 18.3.